The molecule has 1 heterocycles. The normalized spacial score (nSPS) is 10.2. The summed E-state index contributed by atoms with van der Waals surface area (Å²) in [7, 11) is 0. The van der Waals surface area contributed by atoms with Crippen LogP contribution in [0.15, 0.2) is 24.3 Å². The van der Waals surface area contributed by atoms with Crippen molar-refractivity contribution in [2.45, 2.75) is 13.8 Å². The van der Waals surface area contributed by atoms with Gasteiger partial charge in [0.15, 0.2) is 5.69 Å². The lowest BCUT2D eigenvalue weighted by atomic mass is 10.2. The second-order valence-electron chi connectivity index (χ2n) is 3.88. The van der Waals surface area contributed by atoms with E-state index < -0.39 is 0 Å². The van der Waals surface area contributed by atoms with Gasteiger partial charge in [-0.15, -0.1) is 0 Å². The molecule has 5 heteroatoms. The zero-order valence-electron chi connectivity index (χ0n) is 9.74. The number of hydrogen-bond donors (Lipinski definition) is 3. The molecule has 0 saturated carbocycles. The van der Waals surface area contributed by atoms with Crippen molar-refractivity contribution in [3.8, 4) is 0 Å². The SMILES string of the molecule is Cc1ccccc1NC(=O)c1n[nH]c(C)c1N. The summed E-state index contributed by atoms with van der Waals surface area (Å²) in [5, 5.41) is 9.34. The highest BCUT2D eigenvalue weighted by Crippen LogP contribution is 2.17. The number of rotatable bonds is 2. The van der Waals surface area contributed by atoms with Crippen LogP contribution in [0.4, 0.5) is 11.4 Å². The molecule has 5 nitrogen and oxygen atoms in total. The highest BCUT2D eigenvalue weighted by molar-refractivity contribution is 6.06. The highest BCUT2D eigenvalue weighted by atomic mass is 16.2. The number of carbonyl (C=O) groups is 1. The monoisotopic (exact) mass is 230 g/mol. The number of para-hydroxylation sites is 1. The maximum atomic E-state index is 11.9. The average molecular weight is 230 g/mol. The van der Waals surface area contributed by atoms with Crippen molar-refractivity contribution in [3.63, 3.8) is 0 Å². The van der Waals surface area contributed by atoms with Crippen LogP contribution >= 0.6 is 0 Å². The first-order chi connectivity index (χ1) is 8.09. The Morgan fingerprint density at radius 2 is 2.06 bits per heavy atom. The van der Waals surface area contributed by atoms with Crippen LogP contribution in [-0.2, 0) is 0 Å². The molecule has 0 aliphatic carbocycles. The molecule has 2 aromatic rings. The predicted octanol–water partition coefficient (Wildman–Crippen LogP) is 1.86. The van der Waals surface area contributed by atoms with Crippen molar-refractivity contribution in [2.24, 2.45) is 0 Å². The lowest BCUT2D eigenvalue weighted by Gasteiger charge is -2.06. The standard InChI is InChI=1S/C12H14N4O/c1-7-5-3-4-6-9(7)14-12(17)11-10(13)8(2)15-16-11/h3-6H,13H2,1-2H3,(H,14,17)(H,15,16). The Kier molecular flexibility index (Phi) is 2.82. The lowest BCUT2D eigenvalue weighted by molar-refractivity contribution is 0.102. The topological polar surface area (TPSA) is 83.8 Å². The van der Waals surface area contributed by atoms with Crippen molar-refractivity contribution in [2.75, 3.05) is 11.1 Å². The van der Waals surface area contributed by atoms with Gasteiger partial charge in [-0.05, 0) is 25.5 Å². The molecule has 1 aromatic carbocycles. The molecule has 0 aliphatic rings. The minimum absolute atomic E-state index is 0.228. The number of hydrogen-bond acceptors (Lipinski definition) is 3. The number of carbonyl (C=O) groups excluding carboxylic acids is 1. The first-order valence-electron chi connectivity index (χ1n) is 5.27. The van der Waals surface area contributed by atoms with E-state index in [-0.39, 0.29) is 11.6 Å². The minimum atomic E-state index is -0.304. The van der Waals surface area contributed by atoms with Gasteiger partial charge in [0.25, 0.3) is 5.91 Å². The third-order valence-corrected chi connectivity index (χ3v) is 2.60. The number of nitrogen functional groups attached to an aromatic ring is 1. The van der Waals surface area contributed by atoms with E-state index in [9.17, 15) is 4.79 Å². The molecule has 0 aliphatic heterocycles. The maximum absolute atomic E-state index is 11.9. The van der Waals surface area contributed by atoms with E-state index >= 15 is 0 Å². The van der Waals surface area contributed by atoms with Crippen molar-refractivity contribution in [1.82, 2.24) is 10.2 Å². The molecule has 0 atom stereocenters. The third-order valence-electron chi connectivity index (χ3n) is 2.60. The number of benzene rings is 1. The first-order valence-corrected chi connectivity index (χ1v) is 5.27. The van der Waals surface area contributed by atoms with Crippen molar-refractivity contribution in [3.05, 3.63) is 41.2 Å². The van der Waals surface area contributed by atoms with Gasteiger partial charge in [-0.25, -0.2) is 0 Å². The van der Waals surface area contributed by atoms with Crippen LogP contribution < -0.4 is 11.1 Å². The Hall–Kier alpha value is -2.30. The van der Waals surface area contributed by atoms with Crippen LogP contribution in [-0.4, -0.2) is 16.1 Å². The second-order valence-corrected chi connectivity index (χ2v) is 3.88. The van der Waals surface area contributed by atoms with Crippen molar-refractivity contribution in [1.29, 1.82) is 0 Å². The molecule has 0 radical (unpaired) electrons. The lowest BCUT2D eigenvalue weighted by Crippen LogP contribution is -2.14. The number of anilines is 2. The number of H-pyrrole nitrogens is 1. The van der Waals surface area contributed by atoms with Gasteiger partial charge in [-0.1, -0.05) is 18.2 Å². The van der Waals surface area contributed by atoms with E-state index in [4.69, 9.17) is 5.73 Å². The maximum Gasteiger partial charge on any atom is 0.278 e. The van der Waals surface area contributed by atoms with E-state index in [0.717, 1.165) is 11.3 Å². The van der Waals surface area contributed by atoms with E-state index in [0.29, 0.717) is 11.4 Å². The fraction of sp³-hybridized carbons (Fsp3) is 0.167. The molecule has 0 bridgehead atoms. The molecule has 4 N–H and O–H groups in total. The van der Waals surface area contributed by atoms with E-state index in [1.54, 1.807) is 6.92 Å². The molecule has 17 heavy (non-hydrogen) atoms. The highest BCUT2D eigenvalue weighted by Gasteiger charge is 2.15. The van der Waals surface area contributed by atoms with Crippen LogP contribution in [0, 0.1) is 13.8 Å². The summed E-state index contributed by atoms with van der Waals surface area (Å²) in [4.78, 5) is 11.9. The number of amides is 1. The molecule has 0 saturated heterocycles. The van der Waals surface area contributed by atoms with Crippen molar-refractivity contribution < 1.29 is 4.79 Å². The zero-order valence-corrected chi connectivity index (χ0v) is 9.74. The van der Waals surface area contributed by atoms with Gasteiger partial charge in [0.05, 0.1) is 11.4 Å². The quantitative estimate of drug-likeness (QED) is 0.736. The molecule has 0 unspecified atom stereocenters. The largest absolute Gasteiger partial charge is 0.395 e. The summed E-state index contributed by atoms with van der Waals surface area (Å²) in [5.74, 6) is -0.304. The average Bonchev–Trinajstić information content (AvgIpc) is 2.63. The van der Waals surface area contributed by atoms with Gasteiger partial charge in [0.1, 0.15) is 0 Å². The summed E-state index contributed by atoms with van der Waals surface area (Å²) in [5.41, 5.74) is 8.80. The fourth-order valence-electron chi connectivity index (χ4n) is 1.51. The Bertz CT molecular complexity index is 559. The van der Waals surface area contributed by atoms with Gasteiger partial charge >= 0.3 is 0 Å². The first kappa shape index (κ1) is 11.2. The fourth-order valence-corrected chi connectivity index (χ4v) is 1.51. The summed E-state index contributed by atoms with van der Waals surface area (Å²) in [6.07, 6.45) is 0. The summed E-state index contributed by atoms with van der Waals surface area (Å²) in [6.45, 7) is 3.70. The van der Waals surface area contributed by atoms with Crippen LogP contribution in [0.3, 0.4) is 0 Å². The van der Waals surface area contributed by atoms with Crippen LogP contribution in [0.5, 0.6) is 0 Å². The number of nitrogens with two attached hydrogens (primary N) is 1. The Morgan fingerprint density at radius 1 is 1.35 bits per heavy atom. The number of aromatic amines is 1. The Balaban J connectivity index is 2.23. The number of aromatic nitrogens is 2. The van der Waals surface area contributed by atoms with E-state index in [2.05, 4.69) is 15.5 Å². The molecule has 88 valence electrons. The molecule has 1 aromatic heterocycles. The molecule has 0 spiro atoms. The van der Waals surface area contributed by atoms with E-state index in [1.807, 2.05) is 31.2 Å². The van der Waals surface area contributed by atoms with Crippen LogP contribution in [0.2, 0.25) is 0 Å². The van der Waals surface area contributed by atoms with Gasteiger partial charge in [0.2, 0.25) is 0 Å². The van der Waals surface area contributed by atoms with E-state index in [1.165, 1.54) is 0 Å². The summed E-state index contributed by atoms with van der Waals surface area (Å²) < 4.78 is 0. The summed E-state index contributed by atoms with van der Waals surface area (Å²) in [6, 6.07) is 7.54. The number of aryl methyl sites for hydroxylation is 2. The molecular weight excluding hydrogens is 216 g/mol. The predicted molar refractivity (Wildman–Crippen MR) is 66.9 cm³/mol. The van der Waals surface area contributed by atoms with Crippen molar-refractivity contribution >= 4 is 17.3 Å². The zero-order chi connectivity index (χ0) is 12.4. The second kappa shape index (κ2) is 4.29. The molecule has 1 amide bonds. The minimum Gasteiger partial charge on any atom is -0.395 e. The third kappa shape index (κ3) is 2.13. The van der Waals surface area contributed by atoms with Gasteiger partial charge in [0, 0.05) is 5.69 Å². The number of nitrogens with zero attached hydrogens (tertiary/aromatic N) is 1. The Morgan fingerprint density at radius 3 is 2.65 bits per heavy atom. The summed E-state index contributed by atoms with van der Waals surface area (Å²) >= 11 is 0. The van der Waals surface area contributed by atoms with Gasteiger partial charge < -0.3 is 11.1 Å². The molecular formula is C12H14N4O. The van der Waals surface area contributed by atoms with Gasteiger partial charge in [-0.3, -0.25) is 9.89 Å². The molecule has 0 fully saturated rings. The van der Waals surface area contributed by atoms with Gasteiger partial charge in [-0.2, -0.15) is 5.10 Å². The Labute approximate surface area is 99.0 Å². The smallest absolute Gasteiger partial charge is 0.278 e. The number of nitrogens with one attached hydrogen (secondary N) is 2. The van der Waals surface area contributed by atoms with Crippen LogP contribution in [0.1, 0.15) is 21.7 Å². The van der Waals surface area contributed by atoms with Crippen LogP contribution in [0.25, 0.3) is 0 Å². The molecule has 2 rings (SSSR count).